The Hall–Kier alpha value is -1.07. The van der Waals surface area contributed by atoms with Crippen LogP contribution in [0.15, 0.2) is 28.9 Å². The molecule has 0 aliphatic carbocycles. The third-order valence-electron chi connectivity index (χ3n) is 2.28. The van der Waals surface area contributed by atoms with E-state index in [0.29, 0.717) is 11.0 Å². The van der Waals surface area contributed by atoms with Crippen molar-refractivity contribution < 1.29 is 9.13 Å². The van der Waals surface area contributed by atoms with Gasteiger partial charge in [-0.15, -0.1) is 0 Å². The molecule has 0 N–H and O–H groups in total. The van der Waals surface area contributed by atoms with Crippen molar-refractivity contribution in [2.75, 3.05) is 0 Å². The van der Waals surface area contributed by atoms with Crippen molar-refractivity contribution in [3.63, 3.8) is 0 Å². The summed E-state index contributed by atoms with van der Waals surface area (Å²) >= 11 is 9.08. The molecule has 0 aliphatic heterocycles. The largest absolute Gasteiger partial charge is 0.483 e. The Bertz CT molecular complexity index is 544. The van der Waals surface area contributed by atoms with Crippen LogP contribution in [0.5, 0.6) is 5.75 Å². The number of imidazole rings is 1. The minimum Gasteiger partial charge on any atom is -0.483 e. The highest BCUT2D eigenvalue weighted by Gasteiger charge is 2.08. The zero-order valence-corrected chi connectivity index (χ0v) is 11.3. The van der Waals surface area contributed by atoms with Crippen LogP contribution in [0, 0.1) is 5.82 Å². The first kappa shape index (κ1) is 12.4. The molecule has 2 rings (SSSR count). The van der Waals surface area contributed by atoms with Crippen LogP contribution in [0.3, 0.4) is 0 Å². The Labute approximate surface area is 111 Å². The van der Waals surface area contributed by atoms with Gasteiger partial charge in [0.25, 0.3) is 0 Å². The van der Waals surface area contributed by atoms with Crippen molar-refractivity contribution in [3.8, 4) is 5.75 Å². The molecule has 0 unspecified atom stereocenters. The predicted octanol–water partition coefficient (Wildman–Crippen LogP) is 3.55. The lowest BCUT2D eigenvalue weighted by Gasteiger charge is -2.07. The molecular formula is C11H9BrClFN2O. The first-order valence-electron chi connectivity index (χ1n) is 4.82. The molecule has 1 aromatic heterocycles. The molecule has 0 fully saturated rings. The highest BCUT2D eigenvalue weighted by atomic mass is 79.9. The van der Waals surface area contributed by atoms with E-state index in [-0.39, 0.29) is 12.4 Å². The predicted molar refractivity (Wildman–Crippen MR) is 66.7 cm³/mol. The lowest BCUT2D eigenvalue weighted by atomic mass is 10.3. The fourth-order valence-electron chi connectivity index (χ4n) is 1.29. The van der Waals surface area contributed by atoms with Crippen LogP contribution >= 0.6 is 27.5 Å². The molecule has 0 atom stereocenters. The first-order valence-corrected chi connectivity index (χ1v) is 5.99. The van der Waals surface area contributed by atoms with Gasteiger partial charge < -0.3 is 9.30 Å². The molecule has 1 aromatic carbocycles. The second kappa shape index (κ2) is 5.06. The fraction of sp³-hybridized carbons (Fsp3) is 0.182. The Kier molecular flexibility index (Phi) is 3.69. The van der Waals surface area contributed by atoms with Crippen LogP contribution in [-0.4, -0.2) is 9.55 Å². The van der Waals surface area contributed by atoms with Gasteiger partial charge in [0.1, 0.15) is 17.6 Å². The molecular weight excluding hydrogens is 310 g/mol. The summed E-state index contributed by atoms with van der Waals surface area (Å²) in [5.74, 6) is 0.404. The van der Waals surface area contributed by atoms with E-state index in [0.717, 1.165) is 4.47 Å². The smallest absolute Gasteiger partial charge is 0.165 e. The Morgan fingerprint density at radius 3 is 2.94 bits per heavy atom. The summed E-state index contributed by atoms with van der Waals surface area (Å²) in [6.45, 7) is 0.163. The summed E-state index contributed by atoms with van der Waals surface area (Å²) in [4.78, 5) is 4.05. The summed E-state index contributed by atoms with van der Waals surface area (Å²) in [6, 6.07) is 4.52. The number of hydrogen-bond acceptors (Lipinski definition) is 2. The van der Waals surface area contributed by atoms with Gasteiger partial charge in [0.2, 0.25) is 0 Å². The molecule has 0 spiro atoms. The average molecular weight is 320 g/mol. The molecule has 0 amide bonds. The molecule has 17 heavy (non-hydrogen) atoms. The average Bonchev–Trinajstić information content (AvgIpc) is 2.62. The van der Waals surface area contributed by atoms with Gasteiger partial charge in [0.05, 0.1) is 6.20 Å². The molecule has 0 bridgehead atoms. The molecule has 0 radical (unpaired) electrons. The third-order valence-corrected chi connectivity index (χ3v) is 3.12. The maximum atomic E-state index is 13.4. The topological polar surface area (TPSA) is 27.1 Å². The van der Waals surface area contributed by atoms with E-state index in [1.807, 2.05) is 0 Å². The summed E-state index contributed by atoms with van der Waals surface area (Å²) in [5, 5.41) is 0.512. The van der Waals surface area contributed by atoms with Gasteiger partial charge in [-0.3, -0.25) is 0 Å². The zero-order valence-electron chi connectivity index (χ0n) is 8.95. The van der Waals surface area contributed by atoms with Gasteiger partial charge in [-0.2, -0.15) is 0 Å². The van der Waals surface area contributed by atoms with E-state index in [4.69, 9.17) is 16.3 Å². The van der Waals surface area contributed by atoms with Crippen LogP contribution in [-0.2, 0) is 13.7 Å². The Morgan fingerprint density at radius 2 is 2.29 bits per heavy atom. The van der Waals surface area contributed by atoms with Gasteiger partial charge in [0, 0.05) is 11.5 Å². The van der Waals surface area contributed by atoms with Crippen molar-refractivity contribution in [2.24, 2.45) is 7.05 Å². The maximum Gasteiger partial charge on any atom is 0.165 e. The van der Waals surface area contributed by atoms with Gasteiger partial charge in [-0.1, -0.05) is 27.5 Å². The zero-order chi connectivity index (χ0) is 12.4. The number of nitrogens with zero attached hydrogens (tertiary/aromatic N) is 2. The summed E-state index contributed by atoms with van der Waals surface area (Å²) < 4.78 is 21.2. The van der Waals surface area contributed by atoms with E-state index in [1.54, 1.807) is 23.7 Å². The fourth-order valence-corrected chi connectivity index (χ4v) is 1.77. The van der Waals surface area contributed by atoms with Crippen LogP contribution in [0.2, 0.25) is 5.15 Å². The summed E-state index contributed by atoms with van der Waals surface area (Å²) in [7, 11) is 1.77. The van der Waals surface area contributed by atoms with Crippen LogP contribution < -0.4 is 4.74 Å². The molecule has 90 valence electrons. The molecule has 0 saturated carbocycles. The van der Waals surface area contributed by atoms with Gasteiger partial charge in [-0.25, -0.2) is 9.37 Å². The minimum atomic E-state index is -0.409. The van der Waals surface area contributed by atoms with Gasteiger partial charge in [-0.05, 0) is 18.2 Å². The molecule has 0 saturated heterocycles. The molecule has 0 aliphatic rings. The van der Waals surface area contributed by atoms with Gasteiger partial charge in [0.15, 0.2) is 11.6 Å². The van der Waals surface area contributed by atoms with Crippen LogP contribution in [0.1, 0.15) is 5.82 Å². The van der Waals surface area contributed by atoms with E-state index in [2.05, 4.69) is 20.9 Å². The number of hydrogen-bond donors (Lipinski definition) is 0. The number of ether oxygens (including phenoxy) is 1. The lowest BCUT2D eigenvalue weighted by Crippen LogP contribution is -2.04. The minimum absolute atomic E-state index is 0.163. The molecule has 1 heterocycles. The van der Waals surface area contributed by atoms with Crippen molar-refractivity contribution in [1.82, 2.24) is 9.55 Å². The number of halogens is 3. The van der Waals surface area contributed by atoms with Crippen molar-refractivity contribution in [3.05, 3.63) is 45.7 Å². The summed E-state index contributed by atoms with van der Waals surface area (Å²) in [5.41, 5.74) is 0. The number of rotatable bonds is 3. The highest BCUT2D eigenvalue weighted by molar-refractivity contribution is 9.10. The van der Waals surface area contributed by atoms with E-state index in [1.165, 1.54) is 12.3 Å². The van der Waals surface area contributed by atoms with E-state index < -0.39 is 5.82 Å². The SMILES string of the molecule is Cn1c(Cl)cnc1COc1cc(Br)ccc1F. The molecule has 6 heteroatoms. The van der Waals surface area contributed by atoms with Crippen molar-refractivity contribution >= 4 is 27.5 Å². The molecule has 2 aromatic rings. The van der Waals surface area contributed by atoms with Gasteiger partial charge >= 0.3 is 0 Å². The second-order valence-corrected chi connectivity index (χ2v) is 4.72. The van der Waals surface area contributed by atoms with E-state index >= 15 is 0 Å². The van der Waals surface area contributed by atoms with Crippen LogP contribution in [0.25, 0.3) is 0 Å². The van der Waals surface area contributed by atoms with Crippen molar-refractivity contribution in [1.29, 1.82) is 0 Å². The quantitative estimate of drug-likeness (QED) is 0.865. The number of benzene rings is 1. The number of aromatic nitrogens is 2. The normalized spacial score (nSPS) is 10.6. The monoisotopic (exact) mass is 318 g/mol. The first-order chi connectivity index (χ1) is 8.08. The van der Waals surface area contributed by atoms with Crippen LogP contribution in [0.4, 0.5) is 4.39 Å². The standard InChI is InChI=1S/C11H9BrClFN2O/c1-16-10(13)5-15-11(16)6-17-9-4-7(12)2-3-8(9)14/h2-5H,6H2,1H3. The van der Waals surface area contributed by atoms with Crippen molar-refractivity contribution in [2.45, 2.75) is 6.61 Å². The third kappa shape index (κ3) is 2.79. The lowest BCUT2D eigenvalue weighted by molar-refractivity contribution is 0.277. The summed E-state index contributed by atoms with van der Waals surface area (Å²) in [6.07, 6.45) is 1.53. The Balaban J connectivity index is 2.12. The Morgan fingerprint density at radius 1 is 1.53 bits per heavy atom. The highest BCUT2D eigenvalue weighted by Crippen LogP contribution is 2.23. The maximum absolute atomic E-state index is 13.4. The molecule has 3 nitrogen and oxygen atoms in total. The second-order valence-electron chi connectivity index (χ2n) is 3.42. The van der Waals surface area contributed by atoms with E-state index in [9.17, 15) is 4.39 Å².